The Hall–Kier alpha value is -0.610. The van der Waals surface area contributed by atoms with Crippen LogP contribution in [0.25, 0.3) is 0 Å². The molecule has 46 valence electrons. The van der Waals surface area contributed by atoms with E-state index in [0.29, 0.717) is 6.61 Å². The zero-order valence-electron chi connectivity index (χ0n) is 4.51. The van der Waals surface area contributed by atoms with Gasteiger partial charge in [-0.2, -0.15) is 5.48 Å². The van der Waals surface area contributed by atoms with E-state index in [9.17, 15) is 4.79 Å². The Labute approximate surface area is 46.7 Å². The van der Waals surface area contributed by atoms with Crippen LogP contribution in [0.3, 0.4) is 0 Å². The normalized spacial score (nSPS) is 24.9. The van der Waals surface area contributed by atoms with E-state index in [0.717, 1.165) is 0 Å². The van der Waals surface area contributed by atoms with Gasteiger partial charge >= 0.3 is 5.97 Å². The Kier molecular flexibility index (Phi) is 1.45. The van der Waals surface area contributed by atoms with Gasteiger partial charge in [0.15, 0.2) is 6.23 Å². The Bertz CT molecular complexity index is 99.5. The molecule has 1 heterocycles. The predicted octanol–water partition coefficient (Wildman–Crippen LogP) is -0.590. The van der Waals surface area contributed by atoms with E-state index in [1.165, 1.54) is 6.92 Å². The van der Waals surface area contributed by atoms with Crippen molar-refractivity contribution in [2.75, 3.05) is 6.61 Å². The molecule has 1 rings (SSSR count). The quantitative estimate of drug-likeness (QED) is 0.388. The van der Waals surface area contributed by atoms with Gasteiger partial charge in [-0.15, -0.1) is 0 Å². The Morgan fingerprint density at radius 1 is 2.00 bits per heavy atom. The average Bonchev–Trinajstić information content (AvgIpc) is 2.41. The van der Waals surface area contributed by atoms with Crippen molar-refractivity contribution in [1.29, 1.82) is 0 Å². The summed E-state index contributed by atoms with van der Waals surface area (Å²) >= 11 is 0. The molecule has 0 bridgehead atoms. The lowest BCUT2D eigenvalue weighted by atomic mass is 10.7. The van der Waals surface area contributed by atoms with Gasteiger partial charge in [0.05, 0.1) is 0 Å². The highest BCUT2D eigenvalue weighted by Crippen LogP contribution is 1.98. The van der Waals surface area contributed by atoms with Gasteiger partial charge in [-0.25, -0.2) is 0 Å². The molecule has 0 aliphatic carbocycles. The molecule has 0 aromatic heterocycles. The van der Waals surface area contributed by atoms with E-state index in [4.69, 9.17) is 0 Å². The third-order valence-electron chi connectivity index (χ3n) is 0.722. The first-order valence-corrected chi connectivity index (χ1v) is 2.33. The first-order chi connectivity index (χ1) is 3.79. The zero-order valence-corrected chi connectivity index (χ0v) is 4.51. The highest BCUT2D eigenvalue weighted by Gasteiger charge is 2.22. The van der Waals surface area contributed by atoms with Gasteiger partial charge in [-0.1, -0.05) is 0 Å². The summed E-state index contributed by atoms with van der Waals surface area (Å²) in [7, 11) is 0. The summed E-state index contributed by atoms with van der Waals surface area (Å²) in [6.45, 7) is 1.68. The highest BCUT2D eigenvalue weighted by atomic mass is 16.8. The SMILES string of the molecule is CC(=O)OCC1NO1. The van der Waals surface area contributed by atoms with Crippen molar-refractivity contribution in [3.63, 3.8) is 0 Å². The Morgan fingerprint density at radius 2 is 2.62 bits per heavy atom. The molecule has 1 fully saturated rings. The molecule has 0 amide bonds. The lowest BCUT2D eigenvalue weighted by Crippen LogP contribution is -2.07. The fraction of sp³-hybridized carbons (Fsp3) is 0.750. The maximum absolute atomic E-state index is 10.1. The van der Waals surface area contributed by atoms with E-state index in [1.807, 2.05) is 0 Å². The minimum absolute atomic E-state index is 0.0566. The van der Waals surface area contributed by atoms with Gasteiger partial charge in [-0.3, -0.25) is 9.63 Å². The fourth-order valence-corrected chi connectivity index (χ4v) is 0.309. The lowest BCUT2D eigenvalue weighted by Gasteiger charge is -1.92. The summed E-state index contributed by atoms with van der Waals surface area (Å²) in [5, 5.41) is 0. The number of hydroxylamine groups is 1. The summed E-state index contributed by atoms with van der Waals surface area (Å²) in [4.78, 5) is 14.6. The van der Waals surface area contributed by atoms with Crippen LogP contribution >= 0.6 is 0 Å². The van der Waals surface area contributed by atoms with Crippen LogP contribution in [-0.4, -0.2) is 18.8 Å². The third-order valence-corrected chi connectivity index (χ3v) is 0.722. The van der Waals surface area contributed by atoms with Crippen molar-refractivity contribution in [2.45, 2.75) is 13.2 Å². The van der Waals surface area contributed by atoms with Crippen molar-refractivity contribution in [3.05, 3.63) is 0 Å². The molecule has 0 aromatic carbocycles. The molecule has 1 aliphatic rings. The molecule has 8 heavy (non-hydrogen) atoms. The van der Waals surface area contributed by atoms with Crippen LogP contribution in [-0.2, 0) is 14.4 Å². The van der Waals surface area contributed by atoms with Gasteiger partial charge in [0, 0.05) is 6.92 Å². The topological polar surface area (TPSA) is 60.8 Å². The van der Waals surface area contributed by atoms with Crippen LogP contribution in [0.2, 0.25) is 0 Å². The van der Waals surface area contributed by atoms with Crippen LogP contribution in [0.4, 0.5) is 0 Å². The van der Waals surface area contributed by atoms with Gasteiger partial charge in [0.1, 0.15) is 6.61 Å². The summed E-state index contributed by atoms with van der Waals surface area (Å²) in [5.41, 5.74) is 2.51. The van der Waals surface area contributed by atoms with Crippen molar-refractivity contribution < 1.29 is 14.4 Å². The van der Waals surface area contributed by atoms with Crippen LogP contribution in [0.1, 0.15) is 6.92 Å². The second-order valence-electron chi connectivity index (χ2n) is 1.53. The largest absolute Gasteiger partial charge is 0.461 e. The smallest absolute Gasteiger partial charge is 0.302 e. The summed E-state index contributed by atoms with van der Waals surface area (Å²) in [6.07, 6.45) is -0.0566. The number of nitrogens with one attached hydrogen (secondary N) is 1. The van der Waals surface area contributed by atoms with E-state index in [2.05, 4.69) is 15.1 Å². The van der Waals surface area contributed by atoms with Crippen LogP contribution in [0.5, 0.6) is 0 Å². The van der Waals surface area contributed by atoms with E-state index >= 15 is 0 Å². The minimum Gasteiger partial charge on any atom is -0.461 e. The summed E-state index contributed by atoms with van der Waals surface area (Å²) in [5.74, 6) is -0.276. The number of carbonyl (C=O) groups excluding carboxylic acids is 1. The van der Waals surface area contributed by atoms with Crippen molar-refractivity contribution in [3.8, 4) is 0 Å². The fourth-order valence-electron chi connectivity index (χ4n) is 0.309. The monoisotopic (exact) mass is 117 g/mol. The first-order valence-electron chi connectivity index (χ1n) is 2.33. The van der Waals surface area contributed by atoms with E-state index in [-0.39, 0.29) is 12.2 Å². The maximum atomic E-state index is 10.1. The number of hydrogen-bond acceptors (Lipinski definition) is 4. The number of hydrogen-bond donors (Lipinski definition) is 1. The molecule has 1 saturated heterocycles. The van der Waals surface area contributed by atoms with Crippen LogP contribution in [0.15, 0.2) is 0 Å². The standard InChI is InChI=1S/C4H7NO3/c1-3(6)7-2-4-5-8-4/h4-5H,2H2,1H3. The van der Waals surface area contributed by atoms with Crippen molar-refractivity contribution in [1.82, 2.24) is 5.48 Å². The number of esters is 1. The van der Waals surface area contributed by atoms with Crippen LogP contribution < -0.4 is 5.48 Å². The van der Waals surface area contributed by atoms with Gasteiger partial charge in [0.2, 0.25) is 0 Å². The third kappa shape index (κ3) is 1.90. The number of carbonyl (C=O) groups is 1. The summed E-state index contributed by atoms with van der Waals surface area (Å²) in [6, 6.07) is 0. The van der Waals surface area contributed by atoms with E-state index in [1.54, 1.807) is 0 Å². The van der Waals surface area contributed by atoms with Crippen LogP contribution in [0, 0.1) is 0 Å². The lowest BCUT2D eigenvalue weighted by molar-refractivity contribution is -0.141. The molecule has 0 spiro atoms. The first kappa shape index (κ1) is 5.53. The minimum atomic E-state index is -0.276. The molecular formula is C4H7NO3. The van der Waals surface area contributed by atoms with E-state index < -0.39 is 0 Å². The molecule has 4 nitrogen and oxygen atoms in total. The molecule has 1 unspecified atom stereocenters. The van der Waals surface area contributed by atoms with Gasteiger partial charge in [0.25, 0.3) is 0 Å². The number of ether oxygens (including phenoxy) is 1. The molecule has 0 radical (unpaired) electrons. The highest BCUT2D eigenvalue weighted by molar-refractivity contribution is 5.65. The zero-order chi connectivity index (χ0) is 5.98. The molecule has 0 saturated carbocycles. The maximum Gasteiger partial charge on any atom is 0.302 e. The predicted molar refractivity (Wildman–Crippen MR) is 24.6 cm³/mol. The Morgan fingerprint density at radius 3 is 3.00 bits per heavy atom. The van der Waals surface area contributed by atoms with Crippen molar-refractivity contribution in [2.24, 2.45) is 0 Å². The van der Waals surface area contributed by atoms with Gasteiger partial charge < -0.3 is 4.74 Å². The summed E-state index contributed by atoms with van der Waals surface area (Å²) < 4.78 is 4.54. The molecular weight excluding hydrogens is 110 g/mol. The average molecular weight is 117 g/mol. The molecule has 0 aromatic rings. The number of rotatable bonds is 2. The molecule has 1 atom stereocenters. The molecule has 1 N–H and O–H groups in total. The molecule has 4 heteroatoms. The van der Waals surface area contributed by atoms with Crippen molar-refractivity contribution >= 4 is 5.97 Å². The molecule has 1 aliphatic heterocycles. The second kappa shape index (κ2) is 2.11. The Balaban J connectivity index is 1.95. The van der Waals surface area contributed by atoms with Gasteiger partial charge in [-0.05, 0) is 0 Å². The second-order valence-corrected chi connectivity index (χ2v) is 1.53.